The lowest BCUT2D eigenvalue weighted by molar-refractivity contribution is 0.415. The molecule has 4 heteroatoms. The number of pyridine rings is 1. The largest absolute Gasteiger partial charge is 0.497 e. The zero-order valence-corrected chi connectivity index (χ0v) is 13.7. The molecule has 1 heterocycles. The van der Waals surface area contributed by atoms with Crippen LogP contribution < -0.4 is 4.74 Å². The molecule has 0 saturated heterocycles. The third-order valence-electron chi connectivity index (χ3n) is 3.15. The molecular formula is C16H20ClNOS. The highest BCUT2D eigenvalue weighted by atomic mass is 35.5. The molecule has 0 N–H and O–H groups in total. The van der Waals surface area contributed by atoms with Crippen molar-refractivity contribution in [3.63, 3.8) is 0 Å². The van der Waals surface area contributed by atoms with Crippen LogP contribution in [0.25, 0.3) is 10.9 Å². The van der Waals surface area contributed by atoms with Crippen LogP contribution in [-0.2, 0) is 5.75 Å². The van der Waals surface area contributed by atoms with E-state index in [-0.39, 0.29) is 0 Å². The lowest BCUT2D eigenvalue weighted by Gasteiger charge is -2.08. The summed E-state index contributed by atoms with van der Waals surface area (Å²) in [5.41, 5.74) is 1.99. The van der Waals surface area contributed by atoms with Gasteiger partial charge >= 0.3 is 0 Å². The molecular weight excluding hydrogens is 290 g/mol. The molecule has 0 unspecified atom stereocenters. The van der Waals surface area contributed by atoms with Crippen LogP contribution >= 0.6 is 23.4 Å². The first-order valence-corrected chi connectivity index (χ1v) is 8.34. The molecule has 20 heavy (non-hydrogen) atoms. The van der Waals surface area contributed by atoms with Crippen LogP contribution in [0.2, 0.25) is 5.15 Å². The van der Waals surface area contributed by atoms with Gasteiger partial charge in [0.2, 0.25) is 0 Å². The number of ether oxygens (including phenoxy) is 1. The van der Waals surface area contributed by atoms with Gasteiger partial charge in [-0.2, -0.15) is 11.8 Å². The van der Waals surface area contributed by atoms with E-state index in [0.717, 1.165) is 39.6 Å². The molecule has 0 bridgehead atoms. The Morgan fingerprint density at radius 1 is 1.30 bits per heavy atom. The van der Waals surface area contributed by atoms with E-state index in [2.05, 4.69) is 24.9 Å². The molecule has 2 nitrogen and oxygen atoms in total. The second-order valence-corrected chi connectivity index (χ2v) is 6.70. The van der Waals surface area contributed by atoms with Crippen molar-refractivity contribution in [2.45, 2.75) is 26.0 Å². The smallest absolute Gasteiger partial charge is 0.133 e. The van der Waals surface area contributed by atoms with Crippen LogP contribution in [0.5, 0.6) is 5.75 Å². The molecule has 0 saturated carbocycles. The molecule has 2 rings (SSSR count). The number of benzene rings is 1. The van der Waals surface area contributed by atoms with E-state index >= 15 is 0 Å². The van der Waals surface area contributed by atoms with Gasteiger partial charge in [-0.3, -0.25) is 0 Å². The van der Waals surface area contributed by atoms with Gasteiger partial charge in [0.15, 0.2) is 0 Å². The highest BCUT2D eigenvalue weighted by Crippen LogP contribution is 2.27. The average molecular weight is 310 g/mol. The zero-order valence-electron chi connectivity index (χ0n) is 12.1. The van der Waals surface area contributed by atoms with Crippen molar-refractivity contribution in [1.29, 1.82) is 0 Å². The molecule has 0 aliphatic heterocycles. The third kappa shape index (κ3) is 4.03. The molecule has 0 radical (unpaired) electrons. The topological polar surface area (TPSA) is 22.1 Å². The predicted octanol–water partition coefficient (Wildman–Crippen LogP) is 5.18. The molecule has 1 aromatic heterocycles. The second-order valence-electron chi connectivity index (χ2n) is 5.23. The van der Waals surface area contributed by atoms with Gasteiger partial charge < -0.3 is 4.74 Å². The number of halogens is 1. The number of aromatic nitrogens is 1. The van der Waals surface area contributed by atoms with E-state index in [1.165, 1.54) is 6.42 Å². The molecule has 0 spiro atoms. The molecule has 0 atom stereocenters. The summed E-state index contributed by atoms with van der Waals surface area (Å²) in [5, 5.41) is 1.71. The summed E-state index contributed by atoms with van der Waals surface area (Å²) in [6.07, 6.45) is 1.24. The maximum absolute atomic E-state index is 6.27. The summed E-state index contributed by atoms with van der Waals surface area (Å²) in [4.78, 5) is 4.47. The van der Waals surface area contributed by atoms with Gasteiger partial charge in [-0.1, -0.05) is 25.4 Å². The summed E-state index contributed by atoms with van der Waals surface area (Å²) in [7, 11) is 1.66. The number of hydrogen-bond acceptors (Lipinski definition) is 3. The average Bonchev–Trinajstić information content (AvgIpc) is 2.43. The Balaban J connectivity index is 2.12. The Morgan fingerprint density at radius 3 is 2.80 bits per heavy atom. The highest BCUT2D eigenvalue weighted by molar-refractivity contribution is 7.98. The van der Waals surface area contributed by atoms with Crippen LogP contribution in [0.15, 0.2) is 24.3 Å². The van der Waals surface area contributed by atoms with E-state index in [0.29, 0.717) is 5.15 Å². The molecule has 0 fully saturated rings. The summed E-state index contributed by atoms with van der Waals surface area (Å²) < 4.78 is 5.21. The number of hydrogen-bond donors (Lipinski definition) is 0. The van der Waals surface area contributed by atoms with Gasteiger partial charge in [0.05, 0.1) is 12.6 Å². The van der Waals surface area contributed by atoms with E-state index in [1.54, 1.807) is 7.11 Å². The Morgan fingerprint density at radius 2 is 2.10 bits per heavy atom. The van der Waals surface area contributed by atoms with Gasteiger partial charge in [-0.25, -0.2) is 4.98 Å². The predicted molar refractivity (Wildman–Crippen MR) is 88.9 cm³/mol. The van der Waals surface area contributed by atoms with Gasteiger partial charge in [0.1, 0.15) is 10.9 Å². The lowest BCUT2D eigenvalue weighted by Crippen LogP contribution is -1.93. The van der Waals surface area contributed by atoms with Gasteiger partial charge in [-0.05, 0) is 36.3 Å². The SMILES string of the molecule is COc1ccc2cc(CSCCC(C)C)c(Cl)nc2c1. The van der Waals surface area contributed by atoms with Crippen molar-refractivity contribution in [2.75, 3.05) is 12.9 Å². The van der Waals surface area contributed by atoms with Crippen molar-refractivity contribution >= 4 is 34.3 Å². The first kappa shape index (κ1) is 15.5. The Kier molecular flexibility index (Phi) is 5.55. The summed E-state index contributed by atoms with van der Waals surface area (Å²) in [5.74, 6) is 3.63. The minimum absolute atomic E-state index is 0.600. The molecule has 0 aliphatic rings. The quantitative estimate of drug-likeness (QED) is 0.542. The van der Waals surface area contributed by atoms with Crippen LogP contribution in [0, 0.1) is 5.92 Å². The summed E-state index contributed by atoms with van der Waals surface area (Å²) in [6, 6.07) is 8.02. The first-order chi connectivity index (χ1) is 9.60. The van der Waals surface area contributed by atoms with Gasteiger partial charge in [0.25, 0.3) is 0 Å². The lowest BCUT2D eigenvalue weighted by atomic mass is 10.1. The number of methoxy groups -OCH3 is 1. The van der Waals surface area contributed by atoms with Crippen molar-refractivity contribution in [3.05, 3.63) is 35.0 Å². The normalized spacial score (nSPS) is 11.2. The number of thioether (sulfide) groups is 1. The summed E-state index contributed by atoms with van der Waals surface area (Å²) in [6.45, 7) is 4.50. The van der Waals surface area contributed by atoms with Crippen molar-refractivity contribution in [2.24, 2.45) is 5.92 Å². The van der Waals surface area contributed by atoms with E-state index < -0.39 is 0 Å². The second kappa shape index (κ2) is 7.19. The highest BCUT2D eigenvalue weighted by Gasteiger charge is 2.06. The van der Waals surface area contributed by atoms with E-state index in [1.807, 2.05) is 30.0 Å². The monoisotopic (exact) mass is 309 g/mol. The van der Waals surface area contributed by atoms with Crippen molar-refractivity contribution in [1.82, 2.24) is 4.98 Å². The fourth-order valence-electron chi connectivity index (χ4n) is 1.90. The third-order valence-corrected chi connectivity index (χ3v) is 4.51. The number of nitrogens with zero attached hydrogens (tertiary/aromatic N) is 1. The first-order valence-electron chi connectivity index (χ1n) is 6.81. The molecule has 2 aromatic rings. The fraction of sp³-hybridized carbons (Fsp3) is 0.438. The zero-order chi connectivity index (χ0) is 14.5. The van der Waals surface area contributed by atoms with Crippen LogP contribution in [0.4, 0.5) is 0 Å². The Bertz CT molecular complexity index is 586. The van der Waals surface area contributed by atoms with Crippen LogP contribution in [0.3, 0.4) is 0 Å². The van der Waals surface area contributed by atoms with Gasteiger partial charge in [-0.15, -0.1) is 0 Å². The van der Waals surface area contributed by atoms with Crippen molar-refractivity contribution in [3.8, 4) is 5.75 Å². The molecule has 0 amide bonds. The fourth-order valence-corrected chi connectivity index (χ4v) is 3.41. The maximum Gasteiger partial charge on any atom is 0.133 e. The molecule has 1 aromatic carbocycles. The Hall–Kier alpha value is -0.930. The standard InChI is InChI=1S/C16H20ClNOS/c1-11(2)6-7-20-10-13-8-12-4-5-14(19-3)9-15(12)18-16(13)17/h4-5,8-9,11H,6-7,10H2,1-3H3. The minimum Gasteiger partial charge on any atom is -0.497 e. The van der Waals surface area contributed by atoms with Gasteiger partial charge in [0, 0.05) is 22.8 Å². The van der Waals surface area contributed by atoms with Crippen molar-refractivity contribution < 1.29 is 4.74 Å². The molecule has 0 aliphatic carbocycles. The summed E-state index contributed by atoms with van der Waals surface area (Å²) >= 11 is 8.19. The Labute approximate surface area is 129 Å². The number of rotatable bonds is 6. The minimum atomic E-state index is 0.600. The van der Waals surface area contributed by atoms with E-state index in [9.17, 15) is 0 Å². The van der Waals surface area contributed by atoms with Crippen LogP contribution in [-0.4, -0.2) is 17.8 Å². The van der Waals surface area contributed by atoms with E-state index in [4.69, 9.17) is 16.3 Å². The maximum atomic E-state index is 6.27. The number of fused-ring (bicyclic) bond motifs is 1. The van der Waals surface area contributed by atoms with Crippen LogP contribution in [0.1, 0.15) is 25.8 Å². The molecule has 108 valence electrons.